The zero-order chi connectivity index (χ0) is 15.4. The van der Waals surface area contributed by atoms with E-state index >= 15 is 0 Å². The van der Waals surface area contributed by atoms with Crippen LogP contribution >= 0.6 is 15.9 Å². The number of nitrogens with zero attached hydrogens (tertiary/aromatic N) is 1. The Balaban J connectivity index is 2.26. The van der Waals surface area contributed by atoms with Crippen LogP contribution in [0.5, 0.6) is 5.75 Å². The van der Waals surface area contributed by atoms with Gasteiger partial charge < -0.3 is 10.1 Å². The van der Waals surface area contributed by atoms with Gasteiger partial charge in [0, 0.05) is 22.2 Å². The Kier molecular flexibility index (Phi) is 4.54. The molecule has 0 aromatic heterocycles. The van der Waals surface area contributed by atoms with Gasteiger partial charge in [0.05, 0.1) is 23.8 Å². The molecule has 1 amide bonds. The van der Waals surface area contributed by atoms with E-state index in [4.69, 9.17) is 4.74 Å². The van der Waals surface area contributed by atoms with Crippen molar-refractivity contribution in [3.63, 3.8) is 0 Å². The lowest BCUT2D eigenvalue weighted by Gasteiger charge is -2.07. The number of nitro benzene ring substituents is 1. The van der Waals surface area contributed by atoms with Crippen LogP contribution in [0.1, 0.15) is 10.4 Å². The van der Waals surface area contributed by atoms with Crippen molar-refractivity contribution in [2.75, 3.05) is 12.4 Å². The lowest BCUT2D eigenvalue weighted by atomic mass is 10.2. The van der Waals surface area contributed by atoms with E-state index in [1.165, 1.54) is 25.3 Å². The molecule has 0 saturated carbocycles. The molecule has 0 radical (unpaired) electrons. The number of benzene rings is 2. The van der Waals surface area contributed by atoms with Gasteiger partial charge in [-0.25, -0.2) is 0 Å². The van der Waals surface area contributed by atoms with E-state index in [2.05, 4.69) is 21.2 Å². The highest BCUT2D eigenvalue weighted by Crippen LogP contribution is 2.26. The molecule has 0 atom stereocenters. The molecule has 108 valence electrons. The van der Waals surface area contributed by atoms with E-state index in [1.54, 1.807) is 24.3 Å². The number of halogens is 1. The second kappa shape index (κ2) is 6.36. The molecule has 2 aromatic rings. The van der Waals surface area contributed by atoms with Gasteiger partial charge in [-0.05, 0) is 24.3 Å². The molecule has 0 aliphatic rings. The van der Waals surface area contributed by atoms with Crippen LogP contribution in [0.15, 0.2) is 46.9 Å². The SMILES string of the molecule is COc1cc(NC(=O)c2ccc(Br)cc2)cc([N+](=O)[O-])c1. The van der Waals surface area contributed by atoms with Crippen molar-refractivity contribution in [3.8, 4) is 5.75 Å². The number of non-ortho nitro benzene ring substituents is 1. The number of ether oxygens (including phenoxy) is 1. The van der Waals surface area contributed by atoms with Crippen LogP contribution in [0.3, 0.4) is 0 Å². The van der Waals surface area contributed by atoms with E-state index < -0.39 is 4.92 Å². The second-order valence-electron chi connectivity index (χ2n) is 4.14. The Morgan fingerprint density at radius 1 is 1.24 bits per heavy atom. The molecular weight excluding hydrogens is 340 g/mol. The number of carbonyl (C=O) groups is 1. The summed E-state index contributed by atoms with van der Waals surface area (Å²) in [6.45, 7) is 0. The number of nitro groups is 1. The highest BCUT2D eigenvalue weighted by Gasteiger charge is 2.13. The molecule has 2 aromatic carbocycles. The van der Waals surface area contributed by atoms with Gasteiger partial charge in [0.1, 0.15) is 5.75 Å². The molecule has 0 bridgehead atoms. The maximum absolute atomic E-state index is 12.1. The fourth-order valence-electron chi connectivity index (χ4n) is 1.68. The Bertz CT molecular complexity index is 686. The van der Waals surface area contributed by atoms with Crippen LogP contribution in [-0.2, 0) is 0 Å². The van der Waals surface area contributed by atoms with Gasteiger partial charge in [-0.2, -0.15) is 0 Å². The van der Waals surface area contributed by atoms with Crippen molar-refractivity contribution in [1.29, 1.82) is 0 Å². The van der Waals surface area contributed by atoms with Gasteiger partial charge in [-0.3, -0.25) is 14.9 Å². The van der Waals surface area contributed by atoms with Crippen molar-refractivity contribution >= 4 is 33.2 Å². The molecule has 0 heterocycles. The van der Waals surface area contributed by atoms with E-state index in [0.29, 0.717) is 17.0 Å². The monoisotopic (exact) mass is 350 g/mol. The lowest BCUT2D eigenvalue weighted by molar-refractivity contribution is -0.384. The zero-order valence-electron chi connectivity index (χ0n) is 11.0. The molecule has 1 N–H and O–H groups in total. The number of rotatable bonds is 4. The third-order valence-electron chi connectivity index (χ3n) is 2.70. The van der Waals surface area contributed by atoms with Crippen LogP contribution in [0, 0.1) is 10.1 Å². The average Bonchev–Trinajstić information content (AvgIpc) is 2.47. The number of anilines is 1. The van der Waals surface area contributed by atoms with Gasteiger partial charge in [-0.15, -0.1) is 0 Å². The number of hydrogen-bond donors (Lipinski definition) is 1. The van der Waals surface area contributed by atoms with Crippen molar-refractivity contribution in [1.82, 2.24) is 0 Å². The third-order valence-corrected chi connectivity index (χ3v) is 3.23. The van der Waals surface area contributed by atoms with E-state index in [-0.39, 0.29) is 11.6 Å². The van der Waals surface area contributed by atoms with Crippen molar-refractivity contribution in [2.24, 2.45) is 0 Å². The summed E-state index contributed by atoms with van der Waals surface area (Å²) in [5.41, 5.74) is 0.595. The number of carbonyl (C=O) groups excluding carboxylic acids is 1. The number of nitrogens with one attached hydrogen (secondary N) is 1. The average molecular weight is 351 g/mol. The van der Waals surface area contributed by atoms with E-state index in [1.807, 2.05) is 0 Å². The predicted molar refractivity (Wildman–Crippen MR) is 81.7 cm³/mol. The maximum Gasteiger partial charge on any atom is 0.275 e. The van der Waals surface area contributed by atoms with Crippen LogP contribution in [0.2, 0.25) is 0 Å². The lowest BCUT2D eigenvalue weighted by Crippen LogP contribution is -2.12. The van der Waals surface area contributed by atoms with Gasteiger partial charge >= 0.3 is 0 Å². The minimum Gasteiger partial charge on any atom is -0.496 e. The van der Waals surface area contributed by atoms with Crippen molar-refractivity contribution in [2.45, 2.75) is 0 Å². The quantitative estimate of drug-likeness (QED) is 0.674. The minimum absolute atomic E-state index is 0.152. The fraction of sp³-hybridized carbons (Fsp3) is 0.0714. The Morgan fingerprint density at radius 2 is 1.90 bits per heavy atom. The summed E-state index contributed by atoms with van der Waals surface area (Å²) in [6.07, 6.45) is 0. The first kappa shape index (κ1) is 15.0. The Labute approximate surface area is 129 Å². The summed E-state index contributed by atoms with van der Waals surface area (Å²) in [6, 6.07) is 10.9. The molecule has 0 spiro atoms. The molecular formula is C14H11BrN2O4. The first-order valence-electron chi connectivity index (χ1n) is 5.90. The summed E-state index contributed by atoms with van der Waals surface area (Å²) in [7, 11) is 1.40. The Hall–Kier alpha value is -2.41. The summed E-state index contributed by atoms with van der Waals surface area (Å²) >= 11 is 3.28. The summed E-state index contributed by atoms with van der Waals surface area (Å²) in [5.74, 6) is -0.0552. The maximum atomic E-state index is 12.1. The molecule has 0 aliphatic heterocycles. The first-order chi connectivity index (χ1) is 9.99. The van der Waals surface area contributed by atoms with E-state index in [9.17, 15) is 14.9 Å². The zero-order valence-corrected chi connectivity index (χ0v) is 12.6. The minimum atomic E-state index is -0.544. The summed E-state index contributed by atoms with van der Waals surface area (Å²) in [4.78, 5) is 22.4. The standard InChI is InChI=1S/C14H11BrN2O4/c1-21-13-7-11(6-12(8-13)17(19)20)16-14(18)9-2-4-10(15)5-3-9/h2-8H,1H3,(H,16,18). The summed E-state index contributed by atoms with van der Waals surface area (Å²) in [5, 5.41) is 13.5. The van der Waals surface area contributed by atoms with Crippen LogP contribution in [-0.4, -0.2) is 17.9 Å². The van der Waals surface area contributed by atoms with Crippen molar-refractivity contribution in [3.05, 3.63) is 62.6 Å². The van der Waals surface area contributed by atoms with Gasteiger partial charge in [0.2, 0.25) is 0 Å². The normalized spacial score (nSPS) is 10.0. The first-order valence-corrected chi connectivity index (χ1v) is 6.69. The Morgan fingerprint density at radius 3 is 2.48 bits per heavy atom. The molecule has 21 heavy (non-hydrogen) atoms. The van der Waals surface area contributed by atoms with Gasteiger partial charge in [0.25, 0.3) is 11.6 Å². The topological polar surface area (TPSA) is 81.5 Å². The highest BCUT2D eigenvalue weighted by atomic mass is 79.9. The predicted octanol–water partition coefficient (Wildman–Crippen LogP) is 3.62. The summed E-state index contributed by atoms with van der Waals surface area (Å²) < 4.78 is 5.84. The fourth-order valence-corrected chi connectivity index (χ4v) is 1.95. The van der Waals surface area contributed by atoms with E-state index in [0.717, 1.165) is 4.47 Å². The molecule has 0 aliphatic carbocycles. The molecule has 2 rings (SSSR count). The number of hydrogen-bond acceptors (Lipinski definition) is 4. The van der Waals surface area contributed by atoms with Gasteiger partial charge in [-0.1, -0.05) is 15.9 Å². The van der Waals surface area contributed by atoms with Gasteiger partial charge in [0.15, 0.2) is 0 Å². The molecule has 6 nitrogen and oxygen atoms in total. The van der Waals surface area contributed by atoms with Crippen LogP contribution < -0.4 is 10.1 Å². The second-order valence-corrected chi connectivity index (χ2v) is 5.05. The van der Waals surface area contributed by atoms with Crippen LogP contribution in [0.25, 0.3) is 0 Å². The molecule has 0 saturated heterocycles. The number of methoxy groups -OCH3 is 1. The van der Waals surface area contributed by atoms with Crippen LogP contribution in [0.4, 0.5) is 11.4 Å². The third kappa shape index (κ3) is 3.79. The van der Waals surface area contributed by atoms with Crippen molar-refractivity contribution < 1.29 is 14.5 Å². The molecule has 0 unspecified atom stereocenters. The molecule has 7 heteroatoms. The number of amides is 1. The smallest absolute Gasteiger partial charge is 0.275 e. The largest absolute Gasteiger partial charge is 0.496 e. The molecule has 0 fully saturated rings. The highest BCUT2D eigenvalue weighted by molar-refractivity contribution is 9.10.